The Morgan fingerprint density at radius 1 is 1.00 bits per heavy atom. The molecule has 0 aliphatic carbocycles. The normalized spacial score (nSPS) is 10.7. The van der Waals surface area contributed by atoms with Gasteiger partial charge in [0.05, 0.1) is 31.5 Å². The largest absolute Gasteiger partial charge is 0.497 e. The van der Waals surface area contributed by atoms with Crippen LogP contribution in [-0.2, 0) is 11.4 Å². The number of nitrogens with one attached hydrogen (secondary N) is 1. The van der Waals surface area contributed by atoms with E-state index in [0.29, 0.717) is 44.3 Å². The molecule has 0 fully saturated rings. The van der Waals surface area contributed by atoms with Gasteiger partial charge in [-0.15, -0.1) is 0 Å². The van der Waals surface area contributed by atoms with Crippen LogP contribution >= 0.6 is 15.9 Å². The lowest BCUT2D eigenvalue weighted by Gasteiger charge is -2.14. The molecule has 0 heterocycles. The topological polar surface area (TPSA) is 66.0 Å². The van der Waals surface area contributed by atoms with Gasteiger partial charge in [0, 0.05) is 17.7 Å². The summed E-state index contributed by atoms with van der Waals surface area (Å²) in [5, 5.41) is 2.77. The lowest BCUT2D eigenvalue weighted by molar-refractivity contribution is -0.111. The second kappa shape index (κ2) is 11.4. The standard InChI is InChI=1S/C25H23BrFNO5/c1-30-18-9-10-21(22(14-18)31-2)28-24(29)11-8-16-12-19(26)25(23(13-16)32-3)33-15-17-6-4-5-7-20(17)27/h4-14H,15H2,1-3H3,(H,28,29)/b11-8+. The molecule has 3 aromatic carbocycles. The molecule has 0 aliphatic heterocycles. The van der Waals surface area contributed by atoms with E-state index >= 15 is 0 Å². The third-order valence-electron chi connectivity index (χ3n) is 4.68. The van der Waals surface area contributed by atoms with Crippen LogP contribution < -0.4 is 24.3 Å². The van der Waals surface area contributed by atoms with Crippen LogP contribution in [0.1, 0.15) is 11.1 Å². The number of carbonyl (C=O) groups excluding carboxylic acids is 1. The lowest BCUT2D eigenvalue weighted by Crippen LogP contribution is -2.09. The molecule has 0 saturated carbocycles. The van der Waals surface area contributed by atoms with Gasteiger partial charge < -0.3 is 24.3 Å². The summed E-state index contributed by atoms with van der Waals surface area (Å²) in [6.45, 7) is 0.0446. The Bertz CT molecular complexity index is 1170. The van der Waals surface area contributed by atoms with Crippen LogP contribution in [0, 0.1) is 5.82 Å². The number of hydrogen-bond donors (Lipinski definition) is 1. The fraction of sp³-hybridized carbons (Fsp3) is 0.160. The summed E-state index contributed by atoms with van der Waals surface area (Å²) in [5.74, 6) is 1.30. The number of benzene rings is 3. The molecular formula is C25H23BrFNO5. The van der Waals surface area contributed by atoms with Crippen molar-refractivity contribution >= 4 is 33.6 Å². The molecule has 33 heavy (non-hydrogen) atoms. The summed E-state index contributed by atoms with van der Waals surface area (Å²) in [6, 6.07) is 15.0. The molecule has 0 saturated heterocycles. The Labute approximate surface area is 200 Å². The van der Waals surface area contributed by atoms with Gasteiger partial charge in [-0.1, -0.05) is 18.2 Å². The average molecular weight is 516 g/mol. The van der Waals surface area contributed by atoms with Gasteiger partial charge in [0.25, 0.3) is 0 Å². The van der Waals surface area contributed by atoms with Gasteiger partial charge in [-0.3, -0.25) is 4.79 Å². The quantitative estimate of drug-likeness (QED) is 0.362. The molecule has 0 radical (unpaired) electrons. The van der Waals surface area contributed by atoms with Gasteiger partial charge in [0.15, 0.2) is 11.5 Å². The predicted molar refractivity (Wildman–Crippen MR) is 129 cm³/mol. The van der Waals surface area contributed by atoms with Crippen molar-refractivity contribution in [3.63, 3.8) is 0 Å². The van der Waals surface area contributed by atoms with E-state index in [1.807, 2.05) is 0 Å². The number of amides is 1. The Morgan fingerprint density at radius 3 is 2.45 bits per heavy atom. The van der Waals surface area contributed by atoms with Gasteiger partial charge >= 0.3 is 0 Å². The first kappa shape index (κ1) is 24.1. The molecule has 1 N–H and O–H groups in total. The lowest BCUT2D eigenvalue weighted by atomic mass is 10.1. The second-order valence-electron chi connectivity index (χ2n) is 6.80. The van der Waals surface area contributed by atoms with Crippen molar-refractivity contribution in [3.8, 4) is 23.0 Å². The molecule has 0 spiro atoms. The predicted octanol–water partition coefficient (Wildman–Crippen LogP) is 5.84. The van der Waals surface area contributed by atoms with Crippen LogP contribution in [0.3, 0.4) is 0 Å². The Kier molecular flexibility index (Phi) is 8.32. The number of carbonyl (C=O) groups is 1. The summed E-state index contributed by atoms with van der Waals surface area (Å²) >= 11 is 3.46. The molecular weight excluding hydrogens is 493 g/mol. The Morgan fingerprint density at radius 2 is 1.76 bits per heavy atom. The van der Waals surface area contributed by atoms with Crippen molar-refractivity contribution in [2.75, 3.05) is 26.6 Å². The van der Waals surface area contributed by atoms with E-state index in [9.17, 15) is 9.18 Å². The van der Waals surface area contributed by atoms with Gasteiger partial charge in [-0.05, 0) is 57.9 Å². The summed E-state index contributed by atoms with van der Waals surface area (Å²) in [7, 11) is 4.58. The van der Waals surface area contributed by atoms with Crippen molar-refractivity contribution in [1.82, 2.24) is 0 Å². The highest BCUT2D eigenvalue weighted by Crippen LogP contribution is 2.37. The number of halogens is 2. The molecule has 0 unspecified atom stereocenters. The van der Waals surface area contributed by atoms with E-state index in [1.165, 1.54) is 26.4 Å². The second-order valence-corrected chi connectivity index (χ2v) is 7.66. The zero-order valence-corrected chi connectivity index (χ0v) is 19.9. The molecule has 1 amide bonds. The van der Waals surface area contributed by atoms with Crippen molar-refractivity contribution in [3.05, 3.63) is 82.1 Å². The van der Waals surface area contributed by atoms with E-state index in [0.717, 1.165) is 0 Å². The summed E-state index contributed by atoms with van der Waals surface area (Å²) in [4.78, 5) is 12.4. The monoisotopic (exact) mass is 515 g/mol. The molecule has 8 heteroatoms. The van der Waals surface area contributed by atoms with Crippen molar-refractivity contribution in [2.45, 2.75) is 6.61 Å². The van der Waals surface area contributed by atoms with Crippen molar-refractivity contribution in [1.29, 1.82) is 0 Å². The maximum absolute atomic E-state index is 13.9. The third-order valence-corrected chi connectivity index (χ3v) is 5.26. The highest BCUT2D eigenvalue weighted by Gasteiger charge is 2.13. The van der Waals surface area contributed by atoms with E-state index in [2.05, 4.69) is 21.2 Å². The smallest absolute Gasteiger partial charge is 0.248 e. The highest BCUT2D eigenvalue weighted by molar-refractivity contribution is 9.10. The van der Waals surface area contributed by atoms with Crippen molar-refractivity contribution < 1.29 is 28.1 Å². The van der Waals surface area contributed by atoms with E-state index in [4.69, 9.17) is 18.9 Å². The maximum Gasteiger partial charge on any atom is 0.248 e. The summed E-state index contributed by atoms with van der Waals surface area (Å²) < 4.78 is 36.2. The number of methoxy groups -OCH3 is 3. The Hall–Kier alpha value is -3.52. The van der Waals surface area contributed by atoms with Gasteiger partial charge in [0.2, 0.25) is 5.91 Å². The minimum absolute atomic E-state index is 0.0446. The van der Waals surface area contributed by atoms with Crippen LogP contribution in [0.5, 0.6) is 23.0 Å². The first-order valence-electron chi connectivity index (χ1n) is 9.90. The third kappa shape index (κ3) is 6.26. The van der Waals surface area contributed by atoms with Crippen LogP contribution in [0.15, 0.2) is 65.1 Å². The SMILES string of the molecule is COc1ccc(NC(=O)/C=C/c2cc(Br)c(OCc3ccccc3F)c(OC)c2)c(OC)c1. The van der Waals surface area contributed by atoms with E-state index in [-0.39, 0.29) is 18.3 Å². The number of hydrogen-bond acceptors (Lipinski definition) is 5. The first-order valence-corrected chi connectivity index (χ1v) is 10.7. The summed E-state index contributed by atoms with van der Waals surface area (Å²) in [5.41, 5.74) is 1.65. The molecule has 0 atom stereocenters. The molecule has 3 rings (SSSR count). The van der Waals surface area contributed by atoms with Crippen molar-refractivity contribution in [2.24, 2.45) is 0 Å². The van der Waals surface area contributed by atoms with Crippen LogP contribution in [-0.4, -0.2) is 27.2 Å². The van der Waals surface area contributed by atoms with Gasteiger partial charge in [-0.2, -0.15) is 0 Å². The number of rotatable bonds is 9. The van der Waals surface area contributed by atoms with E-state index < -0.39 is 0 Å². The zero-order chi connectivity index (χ0) is 23.8. The molecule has 3 aromatic rings. The average Bonchev–Trinajstić information content (AvgIpc) is 2.82. The van der Waals surface area contributed by atoms with Gasteiger partial charge in [-0.25, -0.2) is 4.39 Å². The highest BCUT2D eigenvalue weighted by atomic mass is 79.9. The Balaban J connectivity index is 1.72. The fourth-order valence-electron chi connectivity index (χ4n) is 2.99. The minimum Gasteiger partial charge on any atom is -0.497 e. The molecule has 0 aromatic heterocycles. The maximum atomic E-state index is 13.9. The summed E-state index contributed by atoms with van der Waals surface area (Å²) in [6.07, 6.45) is 3.03. The molecule has 0 aliphatic rings. The fourth-order valence-corrected chi connectivity index (χ4v) is 3.56. The van der Waals surface area contributed by atoms with E-state index in [1.54, 1.807) is 61.7 Å². The number of ether oxygens (including phenoxy) is 4. The minimum atomic E-state index is -0.341. The van der Waals surface area contributed by atoms with Crippen LogP contribution in [0.2, 0.25) is 0 Å². The van der Waals surface area contributed by atoms with Gasteiger partial charge in [0.1, 0.15) is 23.9 Å². The van der Waals surface area contributed by atoms with Crippen LogP contribution in [0.25, 0.3) is 6.08 Å². The van der Waals surface area contributed by atoms with Crippen LogP contribution in [0.4, 0.5) is 10.1 Å². The molecule has 6 nitrogen and oxygen atoms in total. The zero-order valence-electron chi connectivity index (χ0n) is 18.4. The molecule has 172 valence electrons. The molecule has 0 bridgehead atoms. The number of anilines is 1. The first-order chi connectivity index (χ1) is 15.9.